The van der Waals surface area contributed by atoms with Crippen LogP contribution in [0, 0.1) is 6.92 Å². The van der Waals surface area contributed by atoms with Crippen LogP contribution in [0.2, 0.25) is 0 Å². The first-order chi connectivity index (χ1) is 8.25. The van der Waals surface area contributed by atoms with E-state index in [1.807, 2.05) is 49.6 Å². The highest BCUT2D eigenvalue weighted by Crippen LogP contribution is 2.06. The molecule has 3 nitrogen and oxygen atoms in total. The average Bonchev–Trinajstić information content (AvgIpc) is 2.81. The highest BCUT2D eigenvalue weighted by molar-refractivity contribution is 5.78. The summed E-state index contributed by atoms with van der Waals surface area (Å²) >= 11 is 0. The van der Waals surface area contributed by atoms with Crippen molar-refractivity contribution < 1.29 is 4.79 Å². The van der Waals surface area contributed by atoms with Gasteiger partial charge in [0.05, 0.1) is 6.42 Å². The van der Waals surface area contributed by atoms with Crippen molar-refractivity contribution in [2.75, 3.05) is 0 Å². The lowest BCUT2D eigenvalue weighted by atomic mass is 10.1. The first-order valence-electron chi connectivity index (χ1n) is 5.68. The molecular weight excluding hydrogens is 212 g/mol. The monoisotopic (exact) mass is 228 g/mol. The first-order valence-corrected chi connectivity index (χ1v) is 5.68. The Bertz CT molecular complexity index is 489. The Hall–Kier alpha value is -2.03. The van der Waals surface area contributed by atoms with Gasteiger partial charge < -0.3 is 10.3 Å². The summed E-state index contributed by atoms with van der Waals surface area (Å²) in [5.41, 5.74) is 3.37. The van der Waals surface area contributed by atoms with Crippen molar-refractivity contribution in [1.29, 1.82) is 0 Å². The maximum absolute atomic E-state index is 11.7. The molecule has 88 valence electrons. The topological polar surface area (TPSA) is 44.9 Å². The maximum Gasteiger partial charge on any atom is 0.224 e. The number of carbonyl (C=O) groups excluding carboxylic acids is 1. The second-order valence-electron chi connectivity index (χ2n) is 4.10. The Balaban J connectivity index is 1.86. The maximum atomic E-state index is 11.7. The molecule has 0 saturated heterocycles. The number of aromatic amines is 1. The number of nitrogens with one attached hydrogen (secondary N) is 2. The van der Waals surface area contributed by atoms with E-state index >= 15 is 0 Å². The van der Waals surface area contributed by atoms with Crippen LogP contribution >= 0.6 is 0 Å². The lowest BCUT2D eigenvalue weighted by Crippen LogP contribution is -2.24. The fourth-order valence-corrected chi connectivity index (χ4v) is 1.72. The van der Waals surface area contributed by atoms with Crippen molar-refractivity contribution in [3.8, 4) is 0 Å². The van der Waals surface area contributed by atoms with Crippen molar-refractivity contribution in [1.82, 2.24) is 10.3 Å². The molecule has 17 heavy (non-hydrogen) atoms. The number of amides is 1. The molecule has 0 saturated carbocycles. The smallest absolute Gasteiger partial charge is 0.224 e. The molecule has 0 fully saturated rings. The zero-order valence-corrected chi connectivity index (χ0v) is 9.86. The lowest BCUT2D eigenvalue weighted by Gasteiger charge is -2.07. The summed E-state index contributed by atoms with van der Waals surface area (Å²) in [5, 5.41) is 2.93. The molecule has 0 aliphatic heterocycles. The van der Waals surface area contributed by atoms with Gasteiger partial charge >= 0.3 is 0 Å². The number of hydrogen-bond donors (Lipinski definition) is 2. The second-order valence-corrected chi connectivity index (χ2v) is 4.10. The zero-order chi connectivity index (χ0) is 12.1. The lowest BCUT2D eigenvalue weighted by molar-refractivity contribution is -0.120. The normalized spacial score (nSPS) is 10.2. The van der Waals surface area contributed by atoms with Crippen molar-refractivity contribution in [3.63, 3.8) is 0 Å². The number of H-pyrrole nitrogens is 1. The third-order valence-electron chi connectivity index (χ3n) is 2.76. The minimum atomic E-state index is 0.0489. The van der Waals surface area contributed by atoms with E-state index < -0.39 is 0 Å². The number of aromatic nitrogens is 1. The Morgan fingerprint density at radius 3 is 2.82 bits per heavy atom. The Labute approximate surface area is 101 Å². The Kier molecular flexibility index (Phi) is 3.60. The predicted molar refractivity (Wildman–Crippen MR) is 67.5 cm³/mol. The van der Waals surface area contributed by atoms with Gasteiger partial charge in [-0.1, -0.05) is 24.3 Å². The van der Waals surface area contributed by atoms with Crippen molar-refractivity contribution >= 4 is 5.91 Å². The van der Waals surface area contributed by atoms with Crippen LogP contribution in [0.4, 0.5) is 0 Å². The van der Waals surface area contributed by atoms with Crippen LogP contribution in [0.3, 0.4) is 0 Å². The van der Waals surface area contributed by atoms with Crippen LogP contribution in [-0.2, 0) is 17.8 Å². The molecule has 0 atom stereocenters. The van der Waals surface area contributed by atoms with Crippen LogP contribution in [0.5, 0.6) is 0 Å². The minimum absolute atomic E-state index is 0.0489. The Morgan fingerprint density at radius 1 is 1.29 bits per heavy atom. The SMILES string of the molecule is Cc1ccccc1CNC(=O)Cc1cc[nH]c1. The third kappa shape index (κ3) is 3.21. The molecule has 1 aromatic heterocycles. The van der Waals surface area contributed by atoms with Gasteiger partial charge in [0.1, 0.15) is 0 Å². The van der Waals surface area contributed by atoms with E-state index in [1.165, 1.54) is 5.56 Å². The molecule has 0 bridgehead atoms. The first kappa shape index (κ1) is 11.5. The molecule has 0 spiro atoms. The molecule has 2 rings (SSSR count). The molecule has 1 heterocycles. The molecule has 0 aliphatic rings. The van der Waals surface area contributed by atoms with Gasteiger partial charge in [-0.05, 0) is 29.7 Å². The summed E-state index contributed by atoms with van der Waals surface area (Å²) in [4.78, 5) is 14.6. The molecule has 1 amide bonds. The van der Waals surface area contributed by atoms with Crippen LogP contribution in [0.1, 0.15) is 16.7 Å². The number of benzene rings is 1. The summed E-state index contributed by atoms with van der Waals surface area (Å²) in [6.07, 6.45) is 4.09. The average molecular weight is 228 g/mol. The number of aryl methyl sites for hydroxylation is 1. The van der Waals surface area contributed by atoms with Crippen molar-refractivity contribution in [2.24, 2.45) is 0 Å². The van der Waals surface area contributed by atoms with Gasteiger partial charge in [-0.2, -0.15) is 0 Å². The van der Waals surface area contributed by atoms with Crippen LogP contribution in [0.25, 0.3) is 0 Å². The summed E-state index contributed by atoms with van der Waals surface area (Å²) in [7, 11) is 0. The second kappa shape index (κ2) is 5.34. The summed E-state index contributed by atoms with van der Waals surface area (Å²) < 4.78 is 0. The van der Waals surface area contributed by atoms with Gasteiger partial charge in [0, 0.05) is 18.9 Å². The van der Waals surface area contributed by atoms with Gasteiger partial charge in [0.25, 0.3) is 0 Å². The van der Waals surface area contributed by atoms with Gasteiger partial charge in [0.2, 0.25) is 5.91 Å². The number of hydrogen-bond acceptors (Lipinski definition) is 1. The van der Waals surface area contributed by atoms with Gasteiger partial charge in [0.15, 0.2) is 0 Å². The van der Waals surface area contributed by atoms with Crippen LogP contribution in [0.15, 0.2) is 42.7 Å². The van der Waals surface area contributed by atoms with E-state index in [0.717, 1.165) is 11.1 Å². The standard InChI is InChI=1S/C14H16N2O/c1-11-4-2-3-5-13(11)10-16-14(17)8-12-6-7-15-9-12/h2-7,9,15H,8,10H2,1H3,(H,16,17). The zero-order valence-electron chi connectivity index (χ0n) is 9.86. The highest BCUT2D eigenvalue weighted by Gasteiger charge is 2.04. The third-order valence-corrected chi connectivity index (χ3v) is 2.76. The molecule has 0 unspecified atom stereocenters. The molecule has 2 aromatic rings. The molecule has 0 radical (unpaired) electrons. The van der Waals surface area contributed by atoms with E-state index in [-0.39, 0.29) is 5.91 Å². The number of rotatable bonds is 4. The quantitative estimate of drug-likeness (QED) is 0.827. The summed E-state index contributed by atoms with van der Waals surface area (Å²) in [6, 6.07) is 9.98. The van der Waals surface area contributed by atoms with Crippen molar-refractivity contribution in [3.05, 3.63) is 59.4 Å². The van der Waals surface area contributed by atoms with E-state index in [4.69, 9.17) is 0 Å². The van der Waals surface area contributed by atoms with E-state index in [0.29, 0.717) is 13.0 Å². The molecule has 3 heteroatoms. The number of carbonyl (C=O) groups is 1. The molecule has 0 aliphatic carbocycles. The Morgan fingerprint density at radius 2 is 2.12 bits per heavy atom. The molecular formula is C14H16N2O. The predicted octanol–water partition coefficient (Wildman–Crippen LogP) is 2.18. The summed E-state index contributed by atoms with van der Waals surface area (Å²) in [6.45, 7) is 2.64. The van der Waals surface area contributed by atoms with E-state index in [2.05, 4.69) is 10.3 Å². The molecule has 1 aromatic carbocycles. The van der Waals surface area contributed by atoms with E-state index in [9.17, 15) is 4.79 Å². The van der Waals surface area contributed by atoms with Crippen LogP contribution < -0.4 is 5.32 Å². The fraction of sp³-hybridized carbons (Fsp3) is 0.214. The van der Waals surface area contributed by atoms with Crippen LogP contribution in [-0.4, -0.2) is 10.9 Å². The molecule has 2 N–H and O–H groups in total. The van der Waals surface area contributed by atoms with E-state index in [1.54, 1.807) is 0 Å². The van der Waals surface area contributed by atoms with Gasteiger partial charge in [-0.15, -0.1) is 0 Å². The van der Waals surface area contributed by atoms with Crippen molar-refractivity contribution in [2.45, 2.75) is 19.9 Å². The minimum Gasteiger partial charge on any atom is -0.367 e. The summed E-state index contributed by atoms with van der Waals surface area (Å²) in [5.74, 6) is 0.0489. The van der Waals surface area contributed by atoms with Gasteiger partial charge in [-0.25, -0.2) is 0 Å². The van der Waals surface area contributed by atoms with Gasteiger partial charge in [-0.3, -0.25) is 4.79 Å². The highest BCUT2D eigenvalue weighted by atomic mass is 16.1. The largest absolute Gasteiger partial charge is 0.367 e. The fourth-order valence-electron chi connectivity index (χ4n) is 1.72.